The molecule has 26 heavy (non-hydrogen) atoms. The fraction of sp³-hybridized carbons (Fsp3) is 0.400. The van der Waals surface area contributed by atoms with Gasteiger partial charge in [-0.1, -0.05) is 24.8 Å². The molecule has 6 heteroatoms. The molecule has 5 nitrogen and oxygen atoms in total. The summed E-state index contributed by atoms with van der Waals surface area (Å²) >= 11 is 1.84. The molecule has 0 bridgehead atoms. The molecule has 3 atom stereocenters. The third-order valence-corrected chi connectivity index (χ3v) is 6.11. The summed E-state index contributed by atoms with van der Waals surface area (Å²) < 4.78 is 11.3. The maximum Gasteiger partial charge on any atom is 0.160 e. The maximum absolute atomic E-state index is 5.81. The average molecular weight is 369 g/mol. The highest BCUT2D eigenvalue weighted by atomic mass is 32.2. The zero-order chi connectivity index (χ0) is 18.3. The van der Waals surface area contributed by atoms with Gasteiger partial charge in [-0.15, -0.1) is 0 Å². The van der Waals surface area contributed by atoms with Crippen molar-refractivity contribution in [2.75, 3.05) is 20.8 Å². The van der Waals surface area contributed by atoms with Crippen LogP contribution in [0.3, 0.4) is 0 Å². The minimum absolute atomic E-state index is 0.0344. The van der Waals surface area contributed by atoms with E-state index in [2.05, 4.69) is 28.9 Å². The first-order valence-corrected chi connectivity index (χ1v) is 9.65. The fourth-order valence-corrected chi connectivity index (χ4v) is 4.97. The molecule has 1 saturated heterocycles. The van der Waals surface area contributed by atoms with Crippen LogP contribution >= 0.6 is 11.8 Å². The lowest BCUT2D eigenvalue weighted by atomic mass is 9.93. The van der Waals surface area contributed by atoms with Crippen LogP contribution in [-0.4, -0.2) is 41.1 Å². The smallest absolute Gasteiger partial charge is 0.160 e. The van der Waals surface area contributed by atoms with Crippen molar-refractivity contribution in [1.29, 1.82) is 0 Å². The molecule has 0 amide bonds. The number of ether oxygens (including phenoxy) is 2. The lowest BCUT2D eigenvalue weighted by molar-refractivity contribution is 0.305. The van der Waals surface area contributed by atoms with E-state index >= 15 is 0 Å². The van der Waals surface area contributed by atoms with Gasteiger partial charge in [0.05, 0.1) is 26.0 Å². The molecule has 4 rings (SSSR count). The largest absolute Gasteiger partial charge is 0.496 e. The molecule has 0 aliphatic carbocycles. The number of aliphatic imine (C=N–C) groups is 1. The number of rotatable bonds is 4. The number of thioether (sulfide) groups is 1. The van der Waals surface area contributed by atoms with E-state index in [1.165, 1.54) is 0 Å². The number of aromatic nitrogens is 1. The third-order valence-electron chi connectivity index (χ3n) is 5.01. The summed E-state index contributed by atoms with van der Waals surface area (Å²) in [7, 11) is 3.41. The number of hydrogen-bond donors (Lipinski definition) is 0. The molecule has 1 fully saturated rings. The van der Waals surface area contributed by atoms with Gasteiger partial charge in [0.2, 0.25) is 0 Å². The van der Waals surface area contributed by atoms with Gasteiger partial charge in [0.1, 0.15) is 17.5 Å². The van der Waals surface area contributed by atoms with Crippen molar-refractivity contribution in [1.82, 2.24) is 9.88 Å². The SMILES string of the molecule is COc1ccc(C2C(c3ccccn3)N=C3SC(C)CN32)c(OC)c1C. The van der Waals surface area contributed by atoms with Gasteiger partial charge in [0, 0.05) is 29.1 Å². The average Bonchev–Trinajstić information content (AvgIpc) is 3.18. The van der Waals surface area contributed by atoms with Crippen LogP contribution in [0.15, 0.2) is 41.5 Å². The van der Waals surface area contributed by atoms with E-state index in [1.54, 1.807) is 14.2 Å². The maximum atomic E-state index is 5.81. The molecule has 3 unspecified atom stereocenters. The standard InChI is InChI=1S/C20H23N3O2S/c1-12-11-23-18(14-8-9-16(24-3)13(2)19(14)25-4)17(22-20(23)26-12)15-7-5-6-10-21-15/h5-10,12,17-18H,11H2,1-4H3. The van der Waals surface area contributed by atoms with Crippen LogP contribution in [0.25, 0.3) is 0 Å². The lowest BCUT2D eigenvalue weighted by Gasteiger charge is -2.29. The Kier molecular flexibility index (Phi) is 4.53. The van der Waals surface area contributed by atoms with Crippen LogP contribution in [-0.2, 0) is 0 Å². The number of amidine groups is 1. The summed E-state index contributed by atoms with van der Waals surface area (Å²) in [4.78, 5) is 12.0. The Morgan fingerprint density at radius 3 is 2.69 bits per heavy atom. The first-order valence-electron chi connectivity index (χ1n) is 8.77. The van der Waals surface area contributed by atoms with Crippen LogP contribution in [0.1, 0.15) is 35.8 Å². The summed E-state index contributed by atoms with van der Waals surface area (Å²) in [6.07, 6.45) is 1.84. The Balaban J connectivity index is 1.84. The van der Waals surface area contributed by atoms with Crippen LogP contribution in [0.2, 0.25) is 0 Å². The van der Waals surface area contributed by atoms with Gasteiger partial charge in [0.25, 0.3) is 0 Å². The van der Waals surface area contributed by atoms with E-state index in [1.807, 2.05) is 43.1 Å². The second-order valence-corrected chi connectivity index (χ2v) is 8.06. The van der Waals surface area contributed by atoms with E-state index in [-0.39, 0.29) is 12.1 Å². The molecule has 2 aliphatic heterocycles. The summed E-state index contributed by atoms with van der Waals surface area (Å²) in [6, 6.07) is 10.2. The van der Waals surface area contributed by atoms with Gasteiger partial charge in [-0.25, -0.2) is 0 Å². The minimum atomic E-state index is -0.0344. The second kappa shape index (κ2) is 6.83. The summed E-state index contributed by atoms with van der Waals surface area (Å²) in [6.45, 7) is 5.26. The van der Waals surface area contributed by atoms with Crippen molar-refractivity contribution in [3.8, 4) is 11.5 Å². The van der Waals surface area contributed by atoms with Crippen LogP contribution in [0, 0.1) is 6.92 Å². The summed E-state index contributed by atoms with van der Waals surface area (Å²) in [5, 5.41) is 1.64. The van der Waals surface area contributed by atoms with Gasteiger partial charge in [0.15, 0.2) is 5.17 Å². The Labute approximate surface area is 158 Å². The topological polar surface area (TPSA) is 47.0 Å². The Hall–Kier alpha value is -2.21. The van der Waals surface area contributed by atoms with Gasteiger partial charge in [-0.2, -0.15) is 0 Å². The monoisotopic (exact) mass is 369 g/mol. The van der Waals surface area contributed by atoms with Crippen molar-refractivity contribution in [2.24, 2.45) is 4.99 Å². The van der Waals surface area contributed by atoms with Crippen LogP contribution < -0.4 is 9.47 Å². The molecule has 1 aromatic heterocycles. The zero-order valence-electron chi connectivity index (χ0n) is 15.5. The predicted molar refractivity (Wildman–Crippen MR) is 105 cm³/mol. The summed E-state index contributed by atoms with van der Waals surface area (Å²) in [5.41, 5.74) is 3.14. The van der Waals surface area contributed by atoms with E-state index in [9.17, 15) is 0 Å². The fourth-order valence-electron chi connectivity index (χ4n) is 3.87. The quantitative estimate of drug-likeness (QED) is 0.815. The van der Waals surface area contributed by atoms with Crippen molar-refractivity contribution < 1.29 is 9.47 Å². The van der Waals surface area contributed by atoms with Crippen molar-refractivity contribution >= 4 is 16.9 Å². The van der Waals surface area contributed by atoms with Crippen molar-refractivity contribution in [2.45, 2.75) is 31.2 Å². The molecule has 3 heterocycles. The number of methoxy groups -OCH3 is 2. The number of hydrogen-bond acceptors (Lipinski definition) is 6. The molecule has 136 valence electrons. The van der Waals surface area contributed by atoms with Gasteiger partial charge in [-0.05, 0) is 31.2 Å². The Bertz CT molecular complexity index is 840. The van der Waals surface area contributed by atoms with E-state index < -0.39 is 0 Å². The van der Waals surface area contributed by atoms with Crippen molar-refractivity contribution in [3.05, 3.63) is 53.3 Å². The molecule has 0 radical (unpaired) electrons. The molecule has 0 spiro atoms. The van der Waals surface area contributed by atoms with Crippen LogP contribution in [0.5, 0.6) is 11.5 Å². The highest BCUT2D eigenvalue weighted by Gasteiger charge is 2.44. The van der Waals surface area contributed by atoms with Gasteiger partial charge in [-0.3, -0.25) is 9.98 Å². The molecular weight excluding hydrogens is 346 g/mol. The summed E-state index contributed by atoms with van der Waals surface area (Å²) in [5.74, 6) is 1.71. The number of pyridine rings is 1. The van der Waals surface area contributed by atoms with Gasteiger partial charge >= 0.3 is 0 Å². The predicted octanol–water partition coefficient (Wildman–Crippen LogP) is 4.00. The Morgan fingerprint density at radius 2 is 2.00 bits per heavy atom. The lowest BCUT2D eigenvalue weighted by Crippen LogP contribution is -2.29. The molecular formula is C20H23N3O2S. The Morgan fingerprint density at radius 1 is 1.15 bits per heavy atom. The van der Waals surface area contributed by atoms with E-state index in [0.29, 0.717) is 5.25 Å². The number of fused-ring (bicyclic) bond motifs is 1. The molecule has 2 aliphatic rings. The first-order chi connectivity index (χ1) is 12.6. The molecule has 1 aromatic carbocycles. The highest BCUT2D eigenvalue weighted by molar-refractivity contribution is 8.14. The number of nitrogens with zero attached hydrogens (tertiary/aromatic N) is 3. The molecule has 0 saturated carbocycles. The van der Waals surface area contributed by atoms with E-state index in [0.717, 1.165) is 40.0 Å². The molecule has 2 aromatic rings. The van der Waals surface area contributed by atoms with Crippen molar-refractivity contribution in [3.63, 3.8) is 0 Å². The first kappa shape index (κ1) is 17.2. The normalized spacial score (nSPS) is 24.4. The zero-order valence-corrected chi connectivity index (χ0v) is 16.3. The minimum Gasteiger partial charge on any atom is -0.496 e. The third kappa shape index (κ3) is 2.72. The second-order valence-electron chi connectivity index (χ2n) is 6.65. The molecule has 0 N–H and O–H groups in total. The van der Waals surface area contributed by atoms with Gasteiger partial charge < -0.3 is 14.4 Å². The highest BCUT2D eigenvalue weighted by Crippen LogP contribution is 2.50. The van der Waals surface area contributed by atoms with E-state index in [4.69, 9.17) is 14.5 Å². The number of benzene rings is 1. The van der Waals surface area contributed by atoms with Crippen LogP contribution in [0.4, 0.5) is 0 Å².